The van der Waals surface area contributed by atoms with Crippen molar-refractivity contribution in [2.75, 3.05) is 29.5 Å². The molecule has 0 aliphatic carbocycles. The molecule has 3 aliphatic heterocycles. The Balaban J connectivity index is 1.59. The minimum Gasteiger partial charge on any atom is -0.465 e. The Kier molecular flexibility index (Phi) is 5.54. The van der Waals surface area contributed by atoms with Gasteiger partial charge in [0.25, 0.3) is 6.43 Å². The molecule has 1 fully saturated rings. The van der Waals surface area contributed by atoms with Crippen LogP contribution >= 0.6 is 0 Å². The quantitative estimate of drug-likeness (QED) is 0.720. The number of amides is 1. The lowest BCUT2D eigenvalue weighted by molar-refractivity contribution is 0.139. The van der Waals surface area contributed by atoms with Crippen molar-refractivity contribution in [3.8, 4) is 0 Å². The Morgan fingerprint density at radius 3 is 2.61 bits per heavy atom. The second-order valence-corrected chi connectivity index (χ2v) is 11.3. The first-order valence-corrected chi connectivity index (χ1v) is 13.0. The number of anilines is 2. The highest BCUT2D eigenvalue weighted by atomic mass is 32.2. The molecule has 0 unspecified atom stereocenters. The fourth-order valence-electron chi connectivity index (χ4n) is 5.18. The fourth-order valence-corrected chi connectivity index (χ4v) is 6.65. The molecule has 0 saturated carbocycles. The molecule has 1 aromatic heterocycles. The summed E-state index contributed by atoms with van der Waals surface area (Å²) in [5, 5.41) is 14.5. The molecular weight excluding hydrogens is 454 g/mol. The van der Waals surface area contributed by atoms with Gasteiger partial charge in [-0.3, -0.25) is 4.68 Å². The van der Waals surface area contributed by atoms with E-state index < -0.39 is 22.4 Å². The van der Waals surface area contributed by atoms with E-state index in [1.807, 2.05) is 9.58 Å². The van der Waals surface area contributed by atoms with Gasteiger partial charge in [-0.25, -0.2) is 22.0 Å². The van der Waals surface area contributed by atoms with Gasteiger partial charge >= 0.3 is 6.09 Å². The number of hydrogen-bond acceptors (Lipinski definition) is 5. The van der Waals surface area contributed by atoms with Gasteiger partial charge < -0.3 is 14.9 Å². The van der Waals surface area contributed by atoms with Crippen molar-refractivity contribution in [3.05, 3.63) is 40.6 Å². The molecule has 8 nitrogen and oxygen atoms in total. The number of carbonyl (C=O) groups is 1. The average molecular weight is 481 g/mol. The van der Waals surface area contributed by atoms with E-state index in [9.17, 15) is 27.1 Å². The van der Waals surface area contributed by atoms with Gasteiger partial charge in [0.2, 0.25) is 0 Å². The zero-order valence-electron chi connectivity index (χ0n) is 18.1. The molecule has 0 spiro atoms. The number of rotatable bonds is 3. The van der Waals surface area contributed by atoms with E-state index in [1.165, 1.54) is 17.0 Å². The van der Waals surface area contributed by atoms with E-state index >= 15 is 0 Å². The SMILES string of the molecule is O=C(O)N1CCc2c(c(N3CCCc4ccc(C(F)F)cc43)nn2C2CCS(=O)(=O)CC2)C1. The molecule has 178 valence electrons. The second kappa shape index (κ2) is 8.27. The van der Waals surface area contributed by atoms with Crippen molar-refractivity contribution in [1.29, 1.82) is 0 Å². The maximum atomic E-state index is 13.4. The highest BCUT2D eigenvalue weighted by Crippen LogP contribution is 2.40. The van der Waals surface area contributed by atoms with E-state index in [2.05, 4.69) is 0 Å². The number of sulfone groups is 1. The second-order valence-electron chi connectivity index (χ2n) is 8.97. The Morgan fingerprint density at radius 2 is 1.91 bits per heavy atom. The van der Waals surface area contributed by atoms with Gasteiger partial charge in [-0.1, -0.05) is 12.1 Å². The molecule has 0 atom stereocenters. The third-order valence-corrected chi connectivity index (χ3v) is 8.66. The first-order valence-electron chi connectivity index (χ1n) is 11.2. The minimum atomic E-state index is -3.04. The largest absolute Gasteiger partial charge is 0.465 e. The number of nitrogens with zero attached hydrogens (tertiary/aromatic N) is 4. The summed E-state index contributed by atoms with van der Waals surface area (Å²) in [7, 11) is -3.04. The number of aryl methyl sites for hydroxylation is 1. The molecule has 1 N–H and O–H groups in total. The van der Waals surface area contributed by atoms with Gasteiger partial charge in [0.1, 0.15) is 9.84 Å². The number of hydrogen-bond donors (Lipinski definition) is 1. The summed E-state index contributed by atoms with van der Waals surface area (Å²) in [6, 6.07) is 4.62. The molecule has 11 heteroatoms. The van der Waals surface area contributed by atoms with Crippen LogP contribution in [0, 0.1) is 0 Å². The number of fused-ring (bicyclic) bond motifs is 2. The lowest BCUT2D eigenvalue weighted by Crippen LogP contribution is -2.36. The molecule has 1 amide bonds. The zero-order chi connectivity index (χ0) is 23.3. The maximum absolute atomic E-state index is 13.4. The molecule has 0 bridgehead atoms. The lowest BCUT2D eigenvalue weighted by atomic mass is 9.98. The summed E-state index contributed by atoms with van der Waals surface area (Å²) >= 11 is 0. The summed E-state index contributed by atoms with van der Waals surface area (Å²) < 4.78 is 52.6. The first-order chi connectivity index (χ1) is 15.7. The van der Waals surface area contributed by atoms with Crippen molar-refractivity contribution >= 4 is 27.4 Å². The minimum absolute atomic E-state index is 0.0569. The van der Waals surface area contributed by atoms with Crippen LogP contribution in [0.3, 0.4) is 0 Å². The zero-order valence-corrected chi connectivity index (χ0v) is 18.9. The Morgan fingerprint density at radius 1 is 1.15 bits per heavy atom. The van der Waals surface area contributed by atoms with Crippen molar-refractivity contribution in [1.82, 2.24) is 14.7 Å². The number of aromatic nitrogens is 2. The first kappa shape index (κ1) is 22.1. The van der Waals surface area contributed by atoms with Gasteiger partial charge in [-0.15, -0.1) is 0 Å². The van der Waals surface area contributed by atoms with Gasteiger partial charge in [-0.2, -0.15) is 5.10 Å². The topological polar surface area (TPSA) is 95.7 Å². The molecule has 5 rings (SSSR count). The molecule has 2 aromatic rings. The predicted octanol–water partition coefficient (Wildman–Crippen LogP) is 3.69. The Hall–Kier alpha value is -2.69. The van der Waals surface area contributed by atoms with Gasteiger partial charge in [-0.05, 0) is 37.3 Å². The molecule has 33 heavy (non-hydrogen) atoms. The Bertz CT molecular complexity index is 1180. The van der Waals surface area contributed by atoms with Crippen LogP contribution in [0.1, 0.15) is 54.1 Å². The molecule has 3 aliphatic rings. The van der Waals surface area contributed by atoms with Crippen LogP contribution < -0.4 is 4.90 Å². The third-order valence-electron chi connectivity index (χ3n) is 6.94. The van der Waals surface area contributed by atoms with Gasteiger partial charge in [0, 0.05) is 42.0 Å². The van der Waals surface area contributed by atoms with Crippen LogP contribution in [0.5, 0.6) is 0 Å². The molecule has 1 aromatic carbocycles. The van der Waals surface area contributed by atoms with Crippen LogP contribution in [-0.2, 0) is 29.2 Å². The summed E-state index contributed by atoms with van der Waals surface area (Å²) in [5.74, 6) is 0.803. The molecule has 4 heterocycles. The van der Waals surface area contributed by atoms with Crippen molar-refractivity contribution in [2.24, 2.45) is 0 Å². The summed E-state index contributed by atoms with van der Waals surface area (Å²) in [6.45, 7) is 1.10. The van der Waals surface area contributed by atoms with E-state index in [0.29, 0.717) is 43.9 Å². The summed E-state index contributed by atoms with van der Waals surface area (Å²) in [6.07, 6.45) is -0.586. The number of benzene rings is 1. The van der Waals surface area contributed by atoms with Gasteiger partial charge in [0.05, 0.1) is 24.1 Å². The van der Waals surface area contributed by atoms with Crippen molar-refractivity contribution in [2.45, 2.75) is 51.1 Å². The maximum Gasteiger partial charge on any atom is 0.407 e. The van der Waals surface area contributed by atoms with E-state index in [0.717, 1.165) is 29.7 Å². The van der Waals surface area contributed by atoms with Crippen LogP contribution in [0.2, 0.25) is 0 Å². The number of alkyl halides is 2. The molecule has 0 radical (unpaired) electrons. The highest BCUT2D eigenvalue weighted by Gasteiger charge is 2.35. The molecule has 1 saturated heterocycles. The van der Waals surface area contributed by atoms with Gasteiger partial charge in [0.15, 0.2) is 5.82 Å². The smallest absolute Gasteiger partial charge is 0.407 e. The standard InChI is InChI=1S/C22H26F2N4O4S/c23-20(24)15-4-3-14-2-1-8-27(19(14)12-15)21-17-13-26(22(29)30)9-5-18(17)28(25-21)16-6-10-33(31,32)11-7-16/h3-4,12,16,20H,1-2,5-11,13H2,(H,29,30). The molecular formula is C22H26F2N4O4S. The van der Waals surface area contributed by atoms with E-state index in [-0.39, 0.29) is 29.7 Å². The Labute approximate surface area is 190 Å². The van der Waals surface area contributed by atoms with Crippen LogP contribution in [0.4, 0.5) is 25.1 Å². The number of halogens is 2. The monoisotopic (exact) mass is 480 g/mol. The third kappa shape index (κ3) is 4.07. The van der Waals surface area contributed by atoms with Crippen LogP contribution in [0.15, 0.2) is 18.2 Å². The summed E-state index contributed by atoms with van der Waals surface area (Å²) in [4.78, 5) is 15.0. The fraction of sp³-hybridized carbons (Fsp3) is 0.545. The number of carboxylic acid groups (broad SMARTS) is 1. The van der Waals surface area contributed by atoms with Crippen LogP contribution in [-0.4, -0.2) is 58.9 Å². The average Bonchev–Trinajstić information content (AvgIpc) is 3.17. The normalized spacial score (nSPS) is 20.6. The highest BCUT2D eigenvalue weighted by molar-refractivity contribution is 7.91. The van der Waals surface area contributed by atoms with Crippen molar-refractivity contribution < 1.29 is 27.1 Å². The van der Waals surface area contributed by atoms with E-state index in [1.54, 1.807) is 6.07 Å². The summed E-state index contributed by atoms with van der Waals surface area (Å²) in [5.41, 5.74) is 3.30. The predicted molar refractivity (Wildman–Crippen MR) is 118 cm³/mol. The lowest BCUT2D eigenvalue weighted by Gasteiger charge is -2.32. The van der Waals surface area contributed by atoms with Crippen LogP contribution in [0.25, 0.3) is 0 Å². The van der Waals surface area contributed by atoms with Crippen molar-refractivity contribution in [3.63, 3.8) is 0 Å². The van der Waals surface area contributed by atoms with E-state index in [4.69, 9.17) is 5.10 Å².